The first-order valence-corrected chi connectivity index (χ1v) is 6.05. The summed E-state index contributed by atoms with van der Waals surface area (Å²) in [5.74, 6) is 0.372. The quantitative estimate of drug-likeness (QED) is 0.704. The van der Waals surface area contributed by atoms with Gasteiger partial charge in [0.25, 0.3) is 0 Å². The zero-order chi connectivity index (χ0) is 11.8. The van der Waals surface area contributed by atoms with Crippen LogP contribution in [0.4, 0.5) is 0 Å². The molecule has 2 N–H and O–H groups in total. The van der Waals surface area contributed by atoms with E-state index >= 15 is 0 Å². The fraction of sp³-hybridized carbons (Fsp3) is 0.917. The van der Waals surface area contributed by atoms with Crippen molar-refractivity contribution < 1.29 is 4.79 Å². The second-order valence-electron chi connectivity index (χ2n) is 4.25. The van der Waals surface area contributed by atoms with Crippen molar-refractivity contribution in [1.82, 2.24) is 4.90 Å². The molecule has 0 saturated carbocycles. The summed E-state index contributed by atoms with van der Waals surface area (Å²) in [6.07, 6.45) is 3.90. The average molecular weight is 214 g/mol. The summed E-state index contributed by atoms with van der Waals surface area (Å²) in [6, 6.07) is 0.387. The van der Waals surface area contributed by atoms with E-state index in [2.05, 4.69) is 13.8 Å². The Labute approximate surface area is 94.0 Å². The van der Waals surface area contributed by atoms with Gasteiger partial charge in [0, 0.05) is 19.0 Å². The topological polar surface area (TPSA) is 46.3 Å². The summed E-state index contributed by atoms with van der Waals surface area (Å²) in [6.45, 7) is 6.92. The Hall–Kier alpha value is -0.570. The molecule has 0 aromatic heterocycles. The van der Waals surface area contributed by atoms with Gasteiger partial charge in [-0.3, -0.25) is 4.79 Å². The maximum absolute atomic E-state index is 12.0. The maximum atomic E-state index is 12.0. The van der Waals surface area contributed by atoms with Gasteiger partial charge in [-0.05, 0) is 32.2 Å². The molecule has 0 heterocycles. The highest BCUT2D eigenvalue weighted by atomic mass is 16.2. The first-order valence-electron chi connectivity index (χ1n) is 6.05. The van der Waals surface area contributed by atoms with Gasteiger partial charge in [-0.25, -0.2) is 0 Å². The minimum atomic E-state index is 0.110. The van der Waals surface area contributed by atoms with E-state index in [9.17, 15) is 4.79 Å². The van der Waals surface area contributed by atoms with Crippen LogP contribution in [0, 0.1) is 5.92 Å². The van der Waals surface area contributed by atoms with Crippen molar-refractivity contribution in [2.24, 2.45) is 11.7 Å². The molecular weight excluding hydrogens is 188 g/mol. The van der Waals surface area contributed by atoms with Crippen LogP contribution in [0.15, 0.2) is 0 Å². The molecule has 0 aliphatic heterocycles. The van der Waals surface area contributed by atoms with Crippen LogP contribution >= 0.6 is 0 Å². The van der Waals surface area contributed by atoms with Gasteiger partial charge in [0.05, 0.1) is 0 Å². The zero-order valence-corrected chi connectivity index (χ0v) is 10.6. The van der Waals surface area contributed by atoms with Gasteiger partial charge in [0.1, 0.15) is 0 Å². The normalized spacial score (nSPS) is 12.9. The smallest absolute Gasteiger partial charge is 0.225 e. The fourth-order valence-electron chi connectivity index (χ4n) is 1.91. The van der Waals surface area contributed by atoms with E-state index in [4.69, 9.17) is 5.73 Å². The number of carbonyl (C=O) groups excluding carboxylic acids is 1. The van der Waals surface area contributed by atoms with Gasteiger partial charge in [0.15, 0.2) is 0 Å². The summed E-state index contributed by atoms with van der Waals surface area (Å²) in [5, 5.41) is 0. The van der Waals surface area contributed by atoms with Crippen LogP contribution in [-0.2, 0) is 4.79 Å². The fourth-order valence-corrected chi connectivity index (χ4v) is 1.91. The minimum Gasteiger partial charge on any atom is -0.343 e. The second kappa shape index (κ2) is 7.69. The van der Waals surface area contributed by atoms with Gasteiger partial charge < -0.3 is 10.6 Å². The molecule has 0 bridgehead atoms. The number of amides is 1. The lowest BCUT2D eigenvalue weighted by Gasteiger charge is -2.28. The molecule has 1 atom stereocenters. The highest BCUT2D eigenvalue weighted by Crippen LogP contribution is 2.13. The molecule has 3 heteroatoms. The monoisotopic (exact) mass is 214 g/mol. The van der Waals surface area contributed by atoms with Gasteiger partial charge in [0.2, 0.25) is 5.91 Å². The predicted molar refractivity (Wildman–Crippen MR) is 64.6 cm³/mol. The van der Waals surface area contributed by atoms with Gasteiger partial charge >= 0.3 is 0 Å². The third kappa shape index (κ3) is 4.65. The Morgan fingerprint density at radius 1 is 1.33 bits per heavy atom. The van der Waals surface area contributed by atoms with Crippen LogP contribution in [-0.4, -0.2) is 30.4 Å². The third-order valence-electron chi connectivity index (χ3n) is 3.10. The summed E-state index contributed by atoms with van der Waals surface area (Å²) in [4.78, 5) is 13.9. The van der Waals surface area contributed by atoms with Crippen LogP contribution in [0.1, 0.15) is 46.5 Å². The lowest BCUT2D eigenvalue weighted by Crippen LogP contribution is -2.39. The van der Waals surface area contributed by atoms with E-state index in [0.29, 0.717) is 12.6 Å². The Bertz CT molecular complexity index is 178. The van der Waals surface area contributed by atoms with Crippen LogP contribution < -0.4 is 5.73 Å². The van der Waals surface area contributed by atoms with Crippen molar-refractivity contribution in [3.05, 3.63) is 0 Å². The third-order valence-corrected chi connectivity index (χ3v) is 3.10. The number of hydrogen-bond acceptors (Lipinski definition) is 2. The predicted octanol–water partition coefficient (Wildman–Crippen LogP) is 2.01. The van der Waals surface area contributed by atoms with Gasteiger partial charge in [-0.2, -0.15) is 0 Å². The van der Waals surface area contributed by atoms with Crippen molar-refractivity contribution in [2.45, 2.75) is 52.5 Å². The highest BCUT2D eigenvalue weighted by Gasteiger charge is 2.21. The summed E-state index contributed by atoms with van der Waals surface area (Å²) in [5.41, 5.74) is 5.44. The van der Waals surface area contributed by atoms with Crippen LogP contribution in [0.25, 0.3) is 0 Å². The molecule has 0 saturated heterocycles. The standard InChI is InChI=1S/C12H26N2O/c1-5-11(6-2)14(4)12(15)10(3)8-7-9-13/h10-11H,5-9,13H2,1-4H3. The number of nitrogens with zero attached hydrogens (tertiary/aromatic N) is 1. The summed E-state index contributed by atoms with van der Waals surface area (Å²) in [7, 11) is 1.92. The summed E-state index contributed by atoms with van der Waals surface area (Å²) < 4.78 is 0. The Morgan fingerprint density at radius 3 is 2.27 bits per heavy atom. The lowest BCUT2D eigenvalue weighted by atomic mass is 10.0. The molecule has 0 aromatic rings. The Morgan fingerprint density at radius 2 is 1.87 bits per heavy atom. The van der Waals surface area contributed by atoms with E-state index < -0.39 is 0 Å². The molecule has 3 nitrogen and oxygen atoms in total. The molecule has 0 aliphatic carbocycles. The molecule has 0 spiro atoms. The molecule has 0 aromatic carbocycles. The van der Waals surface area contributed by atoms with Crippen molar-refractivity contribution in [3.63, 3.8) is 0 Å². The van der Waals surface area contributed by atoms with Crippen molar-refractivity contribution in [2.75, 3.05) is 13.6 Å². The minimum absolute atomic E-state index is 0.110. The average Bonchev–Trinajstić information content (AvgIpc) is 2.26. The number of nitrogens with two attached hydrogens (primary N) is 1. The molecule has 1 amide bonds. The molecule has 0 fully saturated rings. The number of carbonyl (C=O) groups is 1. The lowest BCUT2D eigenvalue weighted by molar-refractivity contribution is -0.136. The van der Waals surface area contributed by atoms with E-state index in [-0.39, 0.29) is 11.8 Å². The first kappa shape index (κ1) is 14.4. The number of rotatable bonds is 7. The molecule has 15 heavy (non-hydrogen) atoms. The van der Waals surface area contributed by atoms with Crippen LogP contribution in [0.5, 0.6) is 0 Å². The van der Waals surface area contributed by atoms with Gasteiger partial charge in [-0.1, -0.05) is 20.8 Å². The van der Waals surface area contributed by atoms with E-state index in [1.807, 2.05) is 18.9 Å². The zero-order valence-electron chi connectivity index (χ0n) is 10.6. The molecular formula is C12H26N2O. The molecule has 1 unspecified atom stereocenters. The summed E-state index contributed by atoms with van der Waals surface area (Å²) >= 11 is 0. The van der Waals surface area contributed by atoms with E-state index in [1.165, 1.54) is 0 Å². The first-order chi connectivity index (χ1) is 7.08. The Kier molecular flexibility index (Phi) is 7.39. The number of hydrogen-bond donors (Lipinski definition) is 1. The van der Waals surface area contributed by atoms with E-state index in [0.717, 1.165) is 25.7 Å². The second-order valence-corrected chi connectivity index (χ2v) is 4.25. The molecule has 0 aliphatic rings. The van der Waals surface area contributed by atoms with Crippen molar-refractivity contribution >= 4 is 5.91 Å². The van der Waals surface area contributed by atoms with Crippen LogP contribution in [0.2, 0.25) is 0 Å². The molecule has 0 rings (SSSR count). The molecule has 0 radical (unpaired) electrons. The molecule has 90 valence electrons. The largest absolute Gasteiger partial charge is 0.343 e. The Balaban J connectivity index is 4.16. The highest BCUT2D eigenvalue weighted by molar-refractivity contribution is 5.78. The van der Waals surface area contributed by atoms with Crippen LogP contribution in [0.3, 0.4) is 0 Å². The SMILES string of the molecule is CCC(CC)N(C)C(=O)C(C)CCCN. The van der Waals surface area contributed by atoms with Crippen molar-refractivity contribution in [3.8, 4) is 0 Å². The van der Waals surface area contributed by atoms with Gasteiger partial charge in [-0.15, -0.1) is 0 Å². The van der Waals surface area contributed by atoms with Crippen molar-refractivity contribution in [1.29, 1.82) is 0 Å². The maximum Gasteiger partial charge on any atom is 0.225 e. The van der Waals surface area contributed by atoms with E-state index in [1.54, 1.807) is 0 Å².